The van der Waals surface area contributed by atoms with E-state index in [2.05, 4.69) is 46.7 Å². The number of hydrogen-bond donors (Lipinski definition) is 1. The summed E-state index contributed by atoms with van der Waals surface area (Å²) in [6, 6.07) is 11.2. The van der Waals surface area contributed by atoms with Gasteiger partial charge in [0, 0.05) is 29.2 Å². The monoisotopic (exact) mass is 236 g/mol. The molecule has 0 radical (unpaired) electrons. The number of pyridine rings is 1. The van der Waals surface area contributed by atoms with Gasteiger partial charge in [0.25, 0.3) is 0 Å². The van der Waals surface area contributed by atoms with Crippen LogP contribution in [0.4, 0.5) is 5.69 Å². The Kier molecular flexibility index (Phi) is 2.16. The van der Waals surface area contributed by atoms with Crippen LogP contribution in [0.1, 0.15) is 12.8 Å². The van der Waals surface area contributed by atoms with Crippen LogP contribution in [0.5, 0.6) is 0 Å². The minimum atomic E-state index is 0.628. The van der Waals surface area contributed by atoms with Gasteiger partial charge in [0.15, 0.2) is 0 Å². The number of nitrogens with zero attached hydrogens (tertiary/aromatic N) is 1. The van der Waals surface area contributed by atoms with Gasteiger partial charge in [0.2, 0.25) is 0 Å². The Morgan fingerprint density at radius 1 is 1.22 bits per heavy atom. The molecule has 1 N–H and O–H groups in total. The average Bonchev–Trinajstić information content (AvgIpc) is 2.77. The summed E-state index contributed by atoms with van der Waals surface area (Å²) in [5.74, 6) is 1.67. The first-order valence-electron chi connectivity index (χ1n) is 6.68. The van der Waals surface area contributed by atoms with E-state index in [9.17, 15) is 0 Å². The summed E-state index contributed by atoms with van der Waals surface area (Å²) < 4.78 is 0. The smallest absolute Gasteiger partial charge is 0.0703 e. The summed E-state index contributed by atoms with van der Waals surface area (Å²) in [4.78, 5) is 4.35. The summed E-state index contributed by atoms with van der Waals surface area (Å²) in [5, 5.41) is 4.87. The van der Waals surface area contributed by atoms with E-state index in [1.807, 2.05) is 12.3 Å². The number of aromatic nitrogens is 1. The maximum atomic E-state index is 4.35. The summed E-state index contributed by atoms with van der Waals surface area (Å²) in [5.41, 5.74) is 2.29. The molecule has 1 fully saturated rings. The Morgan fingerprint density at radius 2 is 2.22 bits per heavy atom. The van der Waals surface area contributed by atoms with E-state index in [1.165, 1.54) is 23.9 Å². The second kappa shape index (κ2) is 3.84. The van der Waals surface area contributed by atoms with Gasteiger partial charge in [-0.05, 0) is 43.0 Å². The van der Waals surface area contributed by atoms with Crippen LogP contribution >= 0.6 is 0 Å². The second-order valence-electron chi connectivity index (χ2n) is 5.40. The molecule has 1 aromatic carbocycles. The maximum absolute atomic E-state index is 4.35. The highest BCUT2D eigenvalue weighted by Gasteiger charge is 2.40. The largest absolute Gasteiger partial charge is 0.382 e. The first-order chi connectivity index (χ1) is 8.90. The van der Waals surface area contributed by atoms with Gasteiger partial charge in [-0.25, -0.2) is 0 Å². The molecule has 2 aliphatic rings. The summed E-state index contributed by atoms with van der Waals surface area (Å²) in [7, 11) is 0. The van der Waals surface area contributed by atoms with E-state index in [-0.39, 0.29) is 0 Å². The fourth-order valence-electron chi connectivity index (χ4n) is 3.26. The molecule has 0 spiro atoms. The van der Waals surface area contributed by atoms with Crippen LogP contribution < -0.4 is 5.32 Å². The maximum Gasteiger partial charge on any atom is 0.0703 e. The van der Waals surface area contributed by atoms with E-state index >= 15 is 0 Å². The summed E-state index contributed by atoms with van der Waals surface area (Å²) in [6.07, 6.45) is 9.15. The van der Waals surface area contributed by atoms with Crippen LogP contribution in [-0.2, 0) is 0 Å². The topological polar surface area (TPSA) is 24.9 Å². The van der Waals surface area contributed by atoms with E-state index in [0.717, 1.165) is 17.4 Å². The summed E-state index contributed by atoms with van der Waals surface area (Å²) >= 11 is 0. The Labute approximate surface area is 107 Å². The summed E-state index contributed by atoms with van der Waals surface area (Å²) in [6.45, 7) is 0. The van der Waals surface area contributed by atoms with Gasteiger partial charge in [-0.15, -0.1) is 0 Å². The molecule has 1 heterocycles. The normalized spacial score (nSPS) is 29.0. The molecule has 90 valence electrons. The van der Waals surface area contributed by atoms with Crippen molar-refractivity contribution in [3.63, 3.8) is 0 Å². The van der Waals surface area contributed by atoms with E-state index in [0.29, 0.717) is 6.04 Å². The zero-order chi connectivity index (χ0) is 11.9. The lowest BCUT2D eigenvalue weighted by molar-refractivity contribution is 0.218. The van der Waals surface area contributed by atoms with E-state index < -0.39 is 0 Å². The van der Waals surface area contributed by atoms with Crippen molar-refractivity contribution < 1.29 is 0 Å². The highest BCUT2D eigenvalue weighted by atomic mass is 15.0. The first kappa shape index (κ1) is 10.1. The fraction of sp³-hybridized carbons (Fsp3) is 0.312. The Hall–Kier alpha value is -1.83. The second-order valence-corrected chi connectivity index (χ2v) is 5.40. The predicted molar refractivity (Wildman–Crippen MR) is 74.5 cm³/mol. The molecule has 0 bridgehead atoms. The van der Waals surface area contributed by atoms with Crippen LogP contribution in [-0.4, -0.2) is 11.0 Å². The number of anilines is 1. The average molecular weight is 236 g/mol. The molecule has 1 aromatic heterocycles. The van der Waals surface area contributed by atoms with E-state index in [4.69, 9.17) is 0 Å². The van der Waals surface area contributed by atoms with Gasteiger partial charge in [0.1, 0.15) is 0 Å². The third-order valence-electron chi connectivity index (χ3n) is 4.32. The minimum absolute atomic E-state index is 0.628. The van der Waals surface area contributed by atoms with Crippen molar-refractivity contribution in [1.29, 1.82) is 0 Å². The number of allylic oxidation sites excluding steroid dienone is 1. The number of hydrogen-bond acceptors (Lipinski definition) is 2. The minimum Gasteiger partial charge on any atom is -0.382 e. The molecule has 18 heavy (non-hydrogen) atoms. The van der Waals surface area contributed by atoms with Gasteiger partial charge >= 0.3 is 0 Å². The van der Waals surface area contributed by atoms with Crippen molar-refractivity contribution in [2.45, 2.75) is 18.9 Å². The first-order valence-corrected chi connectivity index (χ1v) is 6.68. The molecule has 0 aliphatic heterocycles. The third-order valence-corrected chi connectivity index (χ3v) is 4.32. The molecule has 2 heteroatoms. The van der Waals surface area contributed by atoms with Crippen molar-refractivity contribution in [2.24, 2.45) is 11.8 Å². The van der Waals surface area contributed by atoms with Gasteiger partial charge < -0.3 is 5.32 Å². The van der Waals surface area contributed by atoms with Crippen LogP contribution in [0.3, 0.4) is 0 Å². The fourth-order valence-corrected chi connectivity index (χ4v) is 3.26. The number of fused-ring (bicyclic) bond motifs is 2. The Morgan fingerprint density at radius 3 is 3.17 bits per heavy atom. The van der Waals surface area contributed by atoms with Crippen LogP contribution in [0, 0.1) is 11.8 Å². The standard InChI is InChI=1S/C16H16N2/c1-3-11-10-16(14(11)5-1)18-13-6-7-15-12(9-13)4-2-8-17-15/h1-2,4-9,11,14,16,18H,3,10H2. The lowest BCUT2D eigenvalue weighted by atomic mass is 9.71. The SMILES string of the molecule is C1=CC2C(C1)CC2Nc1ccc2ncccc2c1. The predicted octanol–water partition coefficient (Wildman–Crippen LogP) is 3.61. The number of nitrogens with one attached hydrogen (secondary N) is 1. The zero-order valence-corrected chi connectivity index (χ0v) is 10.2. The third kappa shape index (κ3) is 1.52. The van der Waals surface area contributed by atoms with Crippen LogP contribution in [0.15, 0.2) is 48.7 Å². The lowest BCUT2D eigenvalue weighted by Gasteiger charge is -2.41. The van der Waals surface area contributed by atoms with Gasteiger partial charge in [-0.2, -0.15) is 0 Å². The number of benzene rings is 1. The molecule has 3 unspecified atom stereocenters. The Bertz CT molecular complexity index is 617. The molecule has 4 rings (SSSR count). The van der Waals surface area contributed by atoms with Crippen LogP contribution in [0.25, 0.3) is 10.9 Å². The highest BCUT2D eigenvalue weighted by Crippen LogP contribution is 2.44. The molecular weight excluding hydrogens is 220 g/mol. The van der Waals surface area contributed by atoms with Gasteiger partial charge in [-0.3, -0.25) is 4.98 Å². The van der Waals surface area contributed by atoms with Crippen molar-refractivity contribution >= 4 is 16.6 Å². The molecule has 3 atom stereocenters. The van der Waals surface area contributed by atoms with Gasteiger partial charge in [0.05, 0.1) is 5.52 Å². The molecule has 2 nitrogen and oxygen atoms in total. The van der Waals surface area contributed by atoms with Crippen LogP contribution in [0.2, 0.25) is 0 Å². The van der Waals surface area contributed by atoms with Crippen molar-refractivity contribution in [3.8, 4) is 0 Å². The van der Waals surface area contributed by atoms with E-state index in [1.54, 1.807) is 0 Å². The number of rotatable bonds is 2. The quantitative estimate of drug-likeness (QED) is 0.806. The van der Waals surface area contributed by atoms with Crippen molar-refractivity contribution in [1.82, 2.24) is 4.98 Å². The zero-order valence-electron chi connectivity index (χ0n) is 10.2. The molecule has 0 saturated heterocycles. The lowest BCUT2D eigenvalue weighted by Crippen LogP contribution is -2.43. The van der Waals surface area contributed by atoms with Crippen molar-refractivity contribution in [3.05, 3.63) is 48.7 Å². The van der Waals surface area contributed by atoms with Gasteiger partial charge in [-0.1, -0.05) is 18.2 Å². The Balaban J connectivity index is 1.58. The molecule has 2 aliphatic carbocycles. The molecule has 1 saturated carbocycles. The van der Waals surface area contributed by atoms with Crippen molar-refractivity contribution in [2.75, 3.05) is 5.32 Å². The molecule has 2 aromatic rings. The molecule has 0 amide bonds. The molecular formula is C16H16N2. The highest BCUT2D eigenvalue weighted by molar-refractivity contribution is 5.82.